The van der Waals surface area contributed by atoms with Gasteiger partial charge in [-0.05, 0) is 37.3 Å². The zero-order valence-electron chi connectivity index (χ0n) is 18.7. The quantitative estimate of drug-likeness (QED) is 0.284. The average Bonchev–Trinajstić information content (AvgIpc) is 3.20. The number of alkyl halides is 3. The zero-order chi connectivity index (χ0) is 24.7. The number of thioether (sulfide) groups is 1. The third-order valence-corrected chi connectivity index (χ3v) is 7.71. The summed E-state index contributed by atoms with van der Waals surface area (Å²) >= 11 is 2.54. The highest BCUT2D eigenvalue weighted by molar-refractivity contribution is 8.00. The van der Waals surface area contributed by atoms with Gasteiger partial charge < -0.3 is 4.57 Å². The Bertz CT molecular complexity index is 1420. The van der Waals surface area contributed by atoms with Crippen LogP contribution in [0.4, 0.5) is 24.5 Å². The lowest BCUT2D eigenvalue weighted by molar-refractivity contribution is -0.137. The number of carbonyl (C=O) groups is 1. The van der Waals surface area contributed by atoms with Crippen LogP contribution in [0.2, 0.25) is 0 Å². The molecule has 0 radical (unpaired) electrons. The average molecular weight is 513 g/mol. The van der Waals surface area contributed by atoms with E-state index < -0.39 is 11.7 Å². The Hall–Kier alpha value is -3.24. The number of fused-ring (bicyclic) bond motifs is 2. The first-order valence-electron chi connectivity index (χ1n) is 10.6. The Morgan fingerprint density at radius 1 is 0.971 bits per heavy atom. The van der Waals surface area contributed by atoms with Crippen molar-refractivity contribution < 1.29 is 18.0 Å². The Morgan fingerprint density at radius 2 is 1.69 bits per heavy atom. The van der Waals surface area contributed by atoms with Crippen molar-refractivity contribution in [1.82, 2.24) is 14.8 Å². The van der Waals surface area contributed by atoms with Gasteiger partial charge in [-0.2, -0.15) is 13.2 Å². The first-order valence-corrected chi connectivity index (χ1v) is 12.4. The second-order valence-electron chi connectivity index (χ2n) is 8.00. The third-order valence-electron chi connectivity index (χ3n) is 5.57. The number of halogens is 3. The Morgan fingerprint density at radius 3 is 2.43 bits per heavy atom. The molecule has 1 amide bonds. The summed E-state index contributed by atoms with van der Waals surface area (Å²) in [5.74, 6) is 0.303. The van der Waals surface area contributed by atoms with Gasteiger partial charge in [0, 0.05) is 22.4 Å². The van der Waals surface area contributed by atoms with E-state index in [1.165, 1.54) is 34.5 Å². The monoisotopic (exact) mass is 512 g/mol. The summed E-state index contributed by atoms with van der Waals surface area (Å²) in [6, 6.07) is 18.6. The topological polar surface area (TPSA) is 51.0 Å². The number of rotatable bonds is 4. The summed E-state index contributed by atoms with van der Waals surface area (Å²) in [6.45, 7) is 2.00. The summed E-state index contributed by atoms with van der Waals surface area (Å²) in [6.07, 6.45) is -4.51. The fraction of sp³-hybridized carbons (Fsp3) is 0.160. The predicted molar refractivity (Wildman–Crippen MR) is 131 cm³/mol. The number of benzene rings is 3. The number of para-hydroxylation sites is 1. The molecule has 4 aromatic rings. The third kappa shape index (κ3) is 4.55. The summed E-state index contributed by atoms with van der Waals surface area (Å²) in [4.78, 5) is 16.2. The van der Waals surface area contributed by atoms with E-state index in [4.69, 9.17) is 0 Å². The van der Waals surface area contributed by atoms with Gasteiger partial charge in [-0.15, -0.1) is 10.2 Å². The van der Waals surface area contributed by atoms with E-state index in [0.29, 0.717) is 21.6 Å². The number of nitrogens with zero attached hydrogens (tertiary/aromatic N) is 4. The van der Waals surface area contributed by atoms with E-state index in [1.54, 1.807) is 16.7 Å². The summed E-state index contributed by atoms with van der Waals surface area (Å²) in [7, 11) is 1.82. The highest BCUT2D eigenvalue weighted by Crippen LogP contribution is 2.49. The molecule has 0 saturated carbocycles. The fourth-order valence-corrected chi connectivity index (χ4v) is 5.58. The maximum absolute atomic E-state index is 13.4. The highest BCUT2D eigenvalue weighted by Gasteiger charge is 2.35. The van der Waals surface area contributed by atoms with E-state index in [2.05, 4.69) is 10.2 Å². The van der Waals surface area contributed by atoms with Gasteiger partial charge in [0.1, 0.15) is 0 Å². The maximum Gasteiger partial charge on any atom is 0.416 e. The lowest BCUT2D eigenvalue weighted by Crippen LogP contribution is -2.30. The molecule has 5 rings (SSSR count). The standard InChI is InChI=1S/C25H19F3N4OS2/c1-15-7-9-16(10-8-15)23-29-30-24(31(23)2)34-14-22(33)32-18-5-3-4-6-20(18)35-21-12-11-17(13-19(21)32)25(26,27)28/h3-13H,14H2,1-2H3. The van der Waals surface area contributed by atoms with Crippen LogP contribution in [0.1, 0.15) is 11.1 Å². The van der Waals surface area contributed by atoms with E-state index >= 15 is 0 Å². The first-order chi connectivity index (χ1) is 16.7. The first kappa shape index (κ1) is 23.5. The molecule has 2 heterocycles. The molecular weight excluding hydrogens is 493 g/mol. The minimum absolute atomic E-state index is 0.0193. The predicted octanol–water partition coefficient (Wildman–Crippen LogP) is 6.73. The normalized spacial score (nSPS) is 12.9. The number of aromatic nitrogens is 3. The molecule has 178 valence electrons. The van der Waals surface area contributed by atoms with Gasteiger partial charge in [0.2, 0.25) is 5.91 Å². The summed E-state index contributed by atoms with van der Waals surface area (Å²) in [5, 5.41) is 9.01. The van der Waals surface area contributed by atoms with Crippen molar-refractivity contribution in [2.75, 3.05) is 10.7 Å². The highest BCUT2D eigenvalue weighted by atomic mass is 32.2. The molecule has 5 nitrogen and oxygen atoms in total. The molecule has 0 aliphatic carbocycles. The van der Waals surface area contributed by atoms with Gasteiger partial charge in [0.05, 0.1) is 22.7 Å². The van der Waals surface area contributed by atoms with Gasteiger partial charge in [0.15, 0.2) is 11.0 Å². The molecule has 0 bridgehead atoms. The van der Waals surface area contributed by atoms with E-state index in [1.807, 2.05) is 50.4 Å². The van der Waals surface area contributed by atoms with Gasteiger partial charge in [0.25, 0.3) is 0 Å². The molecule has 35 heavy (non-hydrogen) atoms. The number of aryl methyl sites for hydroxylation is 1. The van der Waals surface area contributed by atoms with Crippen molar-refractivity contribution in [3.63, 3.8) is 0 Å². The number of hydrogen-bond acceptors (Lipinski definition) is 5. The molecule has 1 aromatic heterocycles. The summed E-state index contributed by atoms with van der Waals surface area (Å²) in [5.41, 5.74) is 2.03. The van der Waals surface area contributed by atoms with Crippen molar-refractivity contribution >= 4 is 40.8 Å². The van der Waals surface area contributed by atoms with E-state index in [9.17, 15) is 18.0 Å². The van der Waals surface area contributed by atoms with Crippen molar-refractivity contribution in [2.45, 2.75) is 28.0 Å². The van der Waals surface area contributed by atoms with Crippen LogP contribution in [-0.2, 0) is 18.0 Å². The minimum atomic E-state index is -4.51. The van der Waals surface area contributed by atoms with Crippen molar-refractivity contribution in [3.8, 4) is 11.4 Å². The van der Waals surface area contributed by atoms with Gasteiger partial charge >= 0.3 is 6.18 Å². The molecule has 1 aliphatic rings. The zero-order valence-corrected chi connectivity index (χ0v) is 20.3. The number of amides is 1. The SMILES string of the molecule is Cc1ccc(-c2nnc(SCC(=O)N3c4ccccc4Sc4ccc(C(F)(F)F)cc43)n2C)cc1. The molecular formula is C25H19F3N4OS2. The van der Waals surface area contributed by atoms with Crippen LogP contribution in [0.15, 0.2) is 81.7 Å². The van der Waals surface area contributed by atoms with Crippen molar-refractivity contribution in [3.05, 3.63) is 77.9 Å². The Kier molecular flexibility index (Phi) is 6.10. The molecule has 10 heteroatoms. The van der Waals surface area contributed by atoms with Gasteiger partial charge in [-0.1, -0.05) is 65.5 Å². The maximum atomic E-state index is 13.4. The minimum Gasteiger partial charge on any atom is -0.305 e. The smallest absolute Gasteiger partial charge is 0.305 e. The van der Waals surface area contributed by atoms with Crippen LogP contribution < -0.4 is 4.90 Å². The van der Waals surface area contributed by atoms with Crippen molar-refractivity contribution in [2.24, 2.45) is 7.05 Å². The molecule has 0 atom stereocenters. The molecule has 3 aromatic carbocycles. The van der Waals surface area contributed by atoms with Crippen molar-refractivity contribution in [1.29, 1.82) is 0 Å². The molecule has 0 spiro atoms. The van der Waals surface area contributed by atoms with Crippen LogP contribution >= 0.6 is 23.5 Å². The Balaban J connectivity index is 1.44. The van der Waals surface area contributed by atoms with Crippen LogP contribution in [0.5, 0.6) is 0 Å². The Labute approximate surface area is 208 Å². The molecule has 0 N–H and O–H groups in total. The van der Waals surface area contributed by atoms with Gasteiger partial charge in [-0.25, -0.2) is 0 Å². The lowest BCUT2D eigenvalue weighted by atomic mass is 10.1. The van der Waals surface area contributed by atoms with Crippen LogP contribution in [0.3, 0.4) is 0 Å². The van der Waals surface area contributed by atoms with Crippen LogP contribution in [0, 0.1) is 6.92 Å². The second-order valence-corrected chi connectivity index (χ2v) is 10.0. The fourth-order valence-electron chi connectivity index (χ4n) is 3.79. The van der Waals surface area contributed by atoms with Crippen LogP contribution in [0.25, 0.3) is 11.4 Å². The lowest BCUT2D eigenvalue weighted by Gasteiger charge is -2.31. The second kappa shape index (κ2) is 9.09. The van der Waals surface area contributed by atoms with E-state index in [0.717, 1.165) is 28.2 Å². The van der Waals surface area contributed by atoms with E-state index in [-0.39, 0.29) is 17.3 Å². The number of carbonyl (C=O) groups excluding carboxylic acids is 1. The molecule has 0 unspecified atom stereocenters. The number of hydrogen-bond donors (Lipinski definition) is 0. The van der Waals surface area contributed by atoms with Gasteiger partial charge in [-0.3, -0.25) is 9.69 Å². The number of anilines is 2. The largest absolute Gasteiger partial charge is 0.416 e. The summed E-state index contributed by atoms with van der Waals surface area (Å²) < 4.78 is 42.1. The molecule has 0 saturated heterocycles. The molecule has 0 fully saturated rings. The molecule has 1 aliphatic heterocycles. The van der Waals surface area contributed by atoms with Crippen LogP contribution in [-0.4, -0.2) is 26.4 Å².